The highest BCUT2D eigenvalue weighted by atomic mass is 32.1. The van der Waals surface area contributed by atoms with E-state index in [-0.39, 0.29) is 0 Å². The first kappa shape index (κ1) is 13.8. The van der Waals surface area contributed by atoms with Gasteiger partial charge in [0.1, 0.15) is 5.75 Å². The number of hydrogen-bond donors (Lipinski definition) is 1. The van der Waals surface area contributed by atoms with Crippen LogP contribution in [0.4, 0.5) is 0 Å². The van der Waals surface area contributed by atoms with Crippen LogP contribution in [0.25, 0.3) is 0 Å². The molecule has 1 aliphatic carbocycles. The fourth-order valence-electron chi connectivity index (χ4n) is 2.54. The van der Waals surface area contributed by atoms with Crippen LogP contribution in [0.3, 0.4) is 0 Å². The van der Waals surface area contributed by atoms with Gasteiger partial charge in [0, 0.05) is 0 Å². The highest BCUT2D eigenvalue weighted by Crippen LogP contribution is 2.25. The quantitative estimate of drug-likeness (QED) is 0.754. The Morgan fingerprint density at radius 2 is 1.94 bits per heavy atom. The van der Waals surface area contributed by atoms with Gasteiger partial charge < -0.3 is 4.74 Å². The van der Waals surface area contributed by atoms with Crippen molar-refractivity contribution >= 4 is 12.6 Å². The molecule has 0 saturated carbocycles. The van der Waals surface area contributed by atoms with Crippen LogP contribution in [0.15, 0.2) is 18.2 Å². The van der Waals surface area contributed by atoms with Crippen LogP contribution in [0.1, 0.15) is 43.7 Å². The summed E-state index contributed by atoms with van der Waals surface area (Å²) in [7, 11) is 0. The maximum absolute atomic E-state index is 5.86. The third kappa shape index (κ3) is 3.94. The van der Waals surface area contributed by atoms with Crippen molar-refractivity contribution in [3.05, 3.63) is 29.3 Å². The molecule has 0 bridgehead atoms. The summed E-state index contributed by atoms with van der Waals surface area (Å²) < 4.78 is 5.86. The van der Waals surface area contributed by atoms with Crippen LogP contribution in [-0.4, -0.2) is 12.4 Å². The van der Waals surface area contributed by atoms with Crippen LogP contribution < -0.4 is 4.74 Å². The molecule has 0 N–H and O–H groups in total. The highest BCUT2D eigenvalue weighted by Gasteiger charge is 2.10. The van der Waals surface area contributed by atoms with Gasteiger partial charge in [-0.2, -0.15) is 12.6 Å². The van der Waals surface area contributed by atoms with E-state index in [0.29, 0.717) is 5.92 Å². The number of aryl methyl sites for hydroxylation is 2. The lowest BCUT2D eigenvalue weighted by atomic mass is 9.92. The molecule has 1 atom stereocenters. The zero-order valence-corrected chi connectivity index (χ0v) is 12.2. The van der Waals surface area contributed by atoms with E-state index in [9.17, 15) is 0 Å². The fourth-order valence-corrected chi connectivity index (χ4v) is 2.98. The maximum Gasteiger partial charge on any atom is 0.119 e. The number of fused-ring (bicyclic) bond motifs is 1. The Hall–Kier alpha value is -0.630. The monoisotopic (exact) mass is 264 g/mol. The lowest BCUT2D eigenvalue weighted by Crippen LogP contribution is -2.06. The minimum atomic E-state index is 0.708. The molecular formula is C16H24OS. The zero-order chi connectivity index (χ0) is 12.8. The van der Waals surface area contributed by atoms with Crippen LogP contribution in [0, 0.1) is 5.92 Å². The van der Waals surface area contributed by atoms with Gasteiger partial charge in [0.25, 0.3) is 0 Å². The third-order valence-electron chi connectivity index (χ3n) is 3.82. The van der Waals surface area contributed by atoms with Gasteiger partial charge in [-0.05, 0) is 73.5 Å². The SMILES string of the molecule is CC(CCS)CCOc1ccc2c(c1)CCCC2. The second-order valence-electron chi connectivity index (χ2n) is 5.39. The zero-order valence-electron chi connectivity index (χ0n) is 11.3. The summed E-state index contributed by atoms with van der Waals surface area (Å²) in [6.07, 6.45) is 7.44. The second kappa shape index (κ2) is 7.08. The van der Waals surface area contributed by atoms with E-state index < -0.39 is 0 Å². The van der Waals surface area contributed by atoms with E-state index in [0.717, 1.165) is 24.5 Å². The molecule has 0 aromatic heterocycles. The van der Waals surface area contributed by atoms with Crippen LogP contribution in [0.5, 0.6) is 5.75 Å². The lowest BCUT2D eigenvalue weighted by Gasteiger charge is -2.17. The fraction of sp³-hybridized carbons (Fsp3) is 0.625. The van der Waals surface area contributed by atoms with Crippen LogP contribution >= 0.6 is 12.6 Å². The van der Waals surface area contributed by atoms with Gasteiger partial charge in [-0.15, -0.1) is 0 Å². The first-order valence-corrected chi connectivity index (χ1v) is 7.78. The summed E-state index contributed by atoms with van der Waals surface area (Å²) in [5.74, 6) is 2.73. The van der Waals surface area contributed by atoms with Crippen molar-refractivity contribution in [2.24, 2.45) is 5.92 Å². The first-order chi connectivity index (χ1) is 8.79. The Morgan fingerprint density at radius 1 is 1.17 bits per heavy atom. The number of thiol groups is 1. The molecule has 0 heterocycles. The van der Waals surface area contributed by atoms with Gasteiger partial charge in [0.05, 0.1) is 6.61 Å². The summed E-state index contributed by atoms with van der Waals surface area (Å²) in [5, 5.41) is 0. The molecule has 0 fully saturated rings. The van der Waals surface area contributed by atoms with E-state index in [2.05, 4.69) is 37.8 Å². The van der Waals surface area contributed by atoms with Crippen LogP contribution in [0.2, 0.25) is 0 Å². The Morgan fingerprint density at radius 3 is 2.72 bits per heavy atom. The number of ether oxygens (including phenoxy) is 1. The smallest absolute Gasteiger partial charge is 0.119 e. The third-order valence-corrected chi connectivity index (χ3v) is 4.08. The summed E-state index contributed by atoms with van der Waals surface area (Å²) in [4.78, 5) is 0. The molecule has 1 unspecified atom stereocenters. The largest absolute Gasteiger partial charge is 0.494 e. The van der Waals surface area contributed by atoms with Crippen molar-refractivity contribution in [2.75, 3.05) is 12.4 Å². The molecule has 2 rings (SSSR count). The summed E-state index contributed by atoms with van der Waals surface area (Å²) in [6.45, 7) is 3.10. The van der Waals surface area contributed by atoms with Crippen molar-refractivity contribution in [3.63, 3.8) is 0 Å². The average Bonchev–Trinajstić information content (AvgIpc) is 2.39. The molecule has 1 nitrogen and oxygen atoms in total. The second-order valence-corrected chi connectivity index (χ2v) is 5.84. The average molecular weight is 264 g/mol. The van der Waals surface area contributed by atoms with E-state index in [4.69, 9.17) is 4.74 Å². The Bertz CT molecular complexity index is 375. The summed E-state index contributed by atoms with van der Waals surface area (Å²) >= 11 is 4.27. The van der Waals surface area contributed by atoms with E-state index in [1.165, 1.54) is 43.2 Å². The molecule has 18 heavy (non-hydrogen) atoms. The van der Waals surface area contributed by atoms with E-state index in [1.807, 2.05) is 0 Å². The molecule has 1 aliphatic rings. The molecule has 0 amide bonds. The van der Waals surface area contributed by atoms with E-state index >= 15 is 0 Å². The molecule has 0 aliphatic heterocycles. The van der Waals surface area contributed by atoms with Gasteiger partial charge in [0.2, 0.25) is 0 Å². The standard InChI is InChI=1S/C16H24OS/c1-13(9-11-18)8-10-17-16-7-6-14-4-2-3-5-15(14)12-16/h6-7,12-13,18H,2-5,8-11H2,1H3. The maximum atomic E-state index is 5.86. The molecular weight excluding hydrogens is 240 g/mol. The summed E-state index contributed by atoms with van der Waals surface area (Å²) in [6, 6.07) is 6.63. The highest BCUT2D eigenvalue weighted by molar-refractivity contribution is 7.80. The molecule has 1 aromatic carbocycles. The number of rotatable bonds is 6. The normalized spacial score (nSPS) is 16.1. The van der Waals surface area contributed by atoms with Crippen LogP contribution in [-0.2, 0) is 12.8 Å². The molecule has 1 aromatic rings. The van der Waals surface area contributed by atoms with Gasteiger partial charge >= 0.3 is 0 Å². The Labute approximate surface area is 116 Å². The molecule has 2 heteroatoms. The van der Waals surface area contributed by atoms with Gasteiger partial charge in [-0.1, -0.05) is 13.0 Å². The molecule has 0 saturated heterocycles. The van der Waals surface area contributed by atoms with Crippen molar-refractivity contribution in [1.29, 1.82) is 0 Å². The minimum absolute atomic E-state index is 0.708. The van der Waals surface area contributed by atoms with Gasteiger partial charge in [-0.25, -0.2) is 0 Å². The minimum Gasteiger partial charge on any atom is -0.494 e. The van der Waals surface area contributed by atoms with Crippen molar-refractivity contribution in [1.82, 2.24) is 0 Å². The van der Waals surface area contributed by atoms with E-state index in [1.54, 1.807) is 0 Å². The number of benzene rings is 1. The Kier molecular flexibility index (Phi) is 5.43. The predicted molar refractivity (Wildman–Crippen MR) is 80.8 cm³/mol. The van der Waals surface area contributed by atoms with Crippen molar-refractivity contribution in [3.8, 4) is 5.75 Å². The summed E-state index contributed by atoms with van der Waals surface area (Å²) in [5.41, 5.74) is 3.03. The van der Waals surface area contributed by atoms with Crippen molar-refractivity contribution < 1.29 is 4.74 Å². The lowest BCUT2D eigenvalue weighted by molar-refractivity contribution is 0.282. The predicted octanol–water partition coefficient (Wildman–Crippen LogP) is 4.29. The van der Waals surface area contributed by atoms with Gasteiger partial charge in [0.15, 0.2) is 0 Å². The number of hydrogen-bond acceptors (Lipinski definition) is 2. The molecule has 0 spiro atoms. The molecule has 100 valence electrons. The topological polar surface area (TPSA) is 9.23 Å². The van der Waals surface area contributed by atoms with Crippen molar-refractivity contribution in [2.45, 2.75) is 45.4 Å². The van der Waals surface area contributed by atoms with Gasteiger partial charge in [-0.3, -0.25) is 0 Å². The Balaban J connectivity index is 1.82. The molecule has 0 radical (unpaired) electrons. The first-order valence-electron chi connectivity index (χ1n) is 7.15.